The normalized spacial score (nSPS) is 12.0. The zero-order valence-corrected chi connectivity index (χ0v) is 63.3. The van der Waals surface area contributed by atoms with E-state index in [-0.39, 0.29) is 77.6 Å². The van der Waals surface area contributed by atoms with Crippen molar-refractivity contribution in [2.24, 2.45) is 0 Å². The molecule has 12 heteroatoms. The van der Waals surface area contributed by atoms with Crippen LogP contribution in [-0.2, 0) is 98.8 Å². The third-order valence-electron chi connectivity index (χ3n) is 14.1. The van der Waals surface area contributed by atoms with Gasteiger partial charge in [-0.2, -0.15) is 0 Å². The molecule has 0 aliphatic carbocycles. The SMILES string of the molecule is CC(O)=CC(C)O.CC(O)=CC(C)O.CC(O)=CC(C)O.CCc1cc(CC)c2ccnc(-c3[c-]c(C)cc(C)c3)c2c1.CCc1cc2ccnc(-c3[c-]c(C)cc(C)c3)c2cc1CC.CCc1ccc2c(-c3[c-]c(C)cc(C)c3)ncc(CC)c2c1.[Ir].[Ir].[Ir]. The fourth-order valence-electron chi connectivity index (χ4n) is 10.5. The first-order valence-electron chi connectivity index (χ1n) is 30.6. The van der Waals surface area contributed by atoms with E-state index in [0.29, 0.717) is 0 Å². The molecule has 0 spiro atoms. The van der Waals surface area contributed by atoms with Crippen molar-refractivity contribution in [3.8, 4) is 33.8 Å². The second-order valence-corrected chi connectivity index (χ2v) is 22.6. The minimum atomic E-state index is -0.537. The van der Waals surface area contributed by atoms with Crippen LogP contribution in [0.3, 0.4) is 0 Å². The maximum atomic E-state index is 8.49. The Morgan fingerprint density at radius 1 is 0.389 bits per heavy atom. The van der Waals surface area contributed by atoms with Crippen LogP contribution in [0.15, 0.2) is 145 Å². The van der Waals surface area contributed by atoms with Gasteiger partial charge in [-0.15, -0.1) is 105 Å². The number of aliphatic hydroxyl groups is 6. The zero-order chi connectivity index (χ0) is 64.7. The number of aliphatic hydroxyl groups excluding tert-OH is 6. The van der Waals surface area contributed by atoms with Crippen LogP contribution in [0.5, 0.6) is 0 Å². The standard InChI is InChI=1S/3C21H22N.3C5H10O2.3Ir/c1-5-16-12-18-7-8-22-21(20(18)13-17(16)6-2)19-10-14(3)9-15(4)11-19;1-5-16-12-17(6-2)19-7-8-22-21(20(19)13-16)18-10-14(3)9-15(4)11-18;1-5-16-7-8-19-20(12-16)17(6-2)13-22-21(19)18-10-14(3)9-15(4)11-18;3*1-4(6)3-5(2)7;;;/h3*7-10,12-13H,5-6H2,1-4H3;3*3-4,6-7H,1-2H3;;;/q3*-1;;;;;;. The summed E-state index contributed by atoms with van der Waals surface area (Å²) < 4.78 is 0. The van der Waals surface area contributed by atoms with Gasteiger partial charge < -0.3 is 45.6 Å². The Kier molecular flexibility index (Phi) is 37.1. The van der Waals surface area contributed by atoms with Gasteiger partial charge in [-0.05, 0) is 193 Å². The van der Waals surface area contributed by atoms with Gasteiger partial charge in [0.2, 0.25) is 0 Å². The molecule has 0 fully saturated rings. The average molecular weight is 1750 g/mol. The number of allylic oxidation sites excluding steroid dienone is 3. The van der Waals surface area contributed by atoms with Crippen molar-refractivity contribution in [3.63, 3.8) is 0 Å². The van der Waals surface area contributed by atoms with Crippen LogP contribution >= 0.6 is 0 Å². The van der Waals surface area contributed by atoms with Crippen LogP contribution in [0.1, 0.15) is 150 Å². The van der Waals surface area contributed by atoms with Gasteiger partial charge in [-0.25, -0.2) is 0 Å². The van der Waals surface area contributed by atoms with Crippen LogP contribution in [0.25, 0.3) is 66.1 Å². The first-order valence-corrected chi connectivity index (χ1v) is 30.6. The largest absolute Gasteiger partial charge is 0.513 e. The zero-order valence-electron chi connectivity index (χ0n) is 56.1. The van der Waals surface area contributed by atoms with Crippen LogP contribution < -0.4 is 0 Å². The van der Waals surface area contributed by atoms with Gasteiger partial charge in [-0.3, -0.25) is 0 Å². The molecule has 489 valence electrons. The molecule has 6 N–H and O–H groups in total. The van der Waals surface area contributed by atoms with Gasteiger partial charge in [0.1, 0.15) is 0 Å². The van der Waals surface area contributed by atoms with E-state index in [0.717, 1.165) is 89.0 Å². The van der Waals surface area contributed by atoms with Crippen molar-refractivity contribution in [1.82, 2.24) is 15.0 Å². The summed E-state index contributed by atoms with van der Waals surface area (Å²) >= 11 is 0. The summed E-state index contributed by atoms with van der Waals surface area (Å²) in [4.78, 5) is 14.1. The molecule has 6 aromatic carbocycles. The number of rotatable bonds is 12. The van der Waals surface area contributed by atoms with Crippen LogP contribution in [-0.4, -0.2) is 63.9 Å². The quantitative estimate of drug-likeness (QED) is 0.0517. The molecule has 9 nitrogen and oxygen atoms in total. The molecule has 9 rings (SSSR count). The molecule has 0 saturated heterocycles. The van der Waals surface area contributed by atoms with Gasteiger partial charge in [0, 0.05) is 78.9 Å². The van der Waals surface area contributed by atoms with Crippen LogP contribution in [0.2, 0.25) is 0 Å². The summed E-state index contributed by atoms with van der Waals surface area (Å²) in [5.41, 5.74) is 22.0. The Balaban J connectivity index is 0.000000574. The van der Waals surface area contributed by atoms with Crippen molar-refractivity contribution in [2.75, 3.05) is 0 Å². The molecule has 0 bridgehead atoms. The van der Waals surface area contributed by atoms with Gasteiger partial charge in [0.25, 0.3) is 0 Å². The second-order valence-electron chi connectivity index (χ2n) is 22.6. The molecule has 3 radical (unpaired) electrons. The Hall–Kier alpha value is -6.00. The molecule has 3 unspecified atom stereocenters. The van der Waals surface area contributed by atoms with Gasteiger partial charge in [-0.1, -0.05) is 126 Å². The summed E-state index contributed by atoms with van der Waals surface area (Å²) in [5.74, 6) is 0.486. The molecule has 9 aromatic rings. The third kappa shape index (κ3) is 25.9. The number of hydrogen-bond acceptors (Lipinski definition) is 9. The van der Waals surface area contributed by atoms with Crippen LogP contribution in [0, 0.1) is 59.7 Å². The minimum absolute atomic E-state index is 0. The van der Waals surface area contributed by atoms with Crippen molar-refractivity contribution in [2.45, 2.75) is 181 Å². The first-order chi connectivity index (χ1) is 41.2. The number of aryl methyl sites for hydroxylation is 12. The number of benzene rings is 6. The number of fused-ring (bicyclic) bond motifs is 3. The third-order valence-corrected chi connectivity index (χ3v) is 14.1. The Labute approximate surface area is 579 Å². The molecule has 90 heavy (non-hydrogen) atoms. The minimum Gasteiger partial charge on any atom is -0.513 e. The Morgan fingerprint density at radius 2 is 0.778 bits per heavy atom. The smallest absolute Gasteiger partial charge is 0.0877 e. The average Bonchev–Trinajstić information content (AvgIpc) is 2.17. The van der Waals surface area contributed by atoms with E-state index < -0.39 is 18.3 Å². The van der Waals surface area contributed by atoms with Crippen molar-refractivity contribution < 1.29 is 91.0 Å². The van der Waals surface area contributed by atoms with Crippen molar-refractivity contribution >= 4 is 32.3 Å². The van der Waals surface area contributed by atoms with E-state index in [1.807, 2.05) is 18.6 Å². The van der Waals surface area contributed by atoms with Crippen LogP contribution in [0.4, 0.5) is 0 Å². The van der Waals surface area contributed by atoms with Crippen molar-refractivity contribution in [3.05, 3.63) is 230 Å². The summed E-state index contributed by atoms with van der Waals surface area (Å²) in [7, 11) is 0. The second kappa shape index (κ2) is 40.8. The predicted molar refractivity (Wildman–Crippen MR) is 367 cm³/mol. The predicted octanol–water partition coefficient (Wildman–Crippen LogP) is 18.8. The number of pyridine rings is 3. The van der Waals surface area contributed by atoms with E-state index in [1.165, 1.54) is 121 Å². The number of hydrogen-bond donors (Lipinski definition) is 6. The first kappa shape index (κ1) is 82.0. The van der Waals surface area contributed by atoms with E-state index in [4.69, 9.17) is 35.6 Å². The van der Waals surface area contributed by atoms with E-state index in [9.17, 15) is 0 Å². The number of aromatic nitrogens is 3. The van der Waals surface area contributed by atoms with E-state index >= 15 is 0 Å². The molecule has 3 aromatic heterocycles. The van der Waals surface area contributed by atoms with Gasteiger partial charge >= 0.3 is 0 Å². The molecule has 0 amide bonds. The molecular formula is C78H96Ir3N3O6-3. The summed E-state index contributed by atoms with van der Waals surface area (Å²) in [5, 5.41) is 58.4. The van der Waals surface area contributed by atoms with E-state index in [2.05, 4.69) is 202 Å². The fraction of sp³-hybridized carbons (Fsp3) is 0.346. The van der Waals surface area contributed by atoms with Gasteiger partial charge in [0.05, 0.1) is 35.6 Å². The molecule has 3 heterocycles. The van der Waals surface area contributed by atoms with E-state index in [1.54, 1.807) is 20.8 Å². The maximum absolute atomic E-state index is 8.49. The molecule has 0 aliphatic heterocycles. The Bertz CT molecular complexity index is 3630. The summed E-state index contributed by atoms with van der Waals surface area (Å²) in [6.45, 7) is 35.2. The summed E-state index contributed by atoms with van der Waals surface area (Å²) in [6, 6.07) is 43.7. The number of nitrogens with zero attached hydrogens (tertiary/aromatic N) is 3. The van der Waals surface area contributed by atoms with Crippen molar-refractivity contribution in [1.29, 1.82) is 0 Å². The Morgan fingerprint density at radius 3 is 1.16 bits per heavy atom. The van der Waals surface area contributed by atoms with Gasteiger partial charge in [0.15, 0.2) is 0 Å². The molecule has 0 aliphatic rings. The summed E-state index contributed by atoms with van der Waals surface area (Å²) in [6.07, 6.45) is 14.6. The maximum Gasteiger partial charge on any atom is 0.0877 e. The molecule has 3 atom stereocenters. The molecular weight excluding hydrogens is 1650 g/mol. The molecule has 0 saturated carbocycles. The monoisotopic (exact) mass is 1750 g/mol. The topological polar surface area (TPSA) is 160 Å². The fourth-order valence-corrected chi connectivity index (χ4v) is 10.5.